The Labute approximate surface area is 149 Å². The van der Waals surface area contributed by atoms with Crippen LogP contribution in [0.1, 0.15) is 6.23 Å². The molecule has 2 aromatic rings. The van der Waals surface area contributed by atoms with Gasteiger partial charge in [0, 0.05) is 0 Å². The Morgan fingerprint density at radius 3 is 2.74 bits per heavy atom. The minimum atomic E-state index is -4.36. The molecule has 1 aliphatic rings. The van der Waals surface area contributed by atoms with Gasteiger partial charge in [0.05, 0.1) is 6.61 Å². The van der Waals surface area contributed by atoms with Gasteiger partial charge in [-0.15, -0.1) is 5.10 Å². The van der Waals surface area contributed by atoms with Crippen molar-refractivity contribution in [3.63, 3.8) is 0 Å². The first-order chi connectivity index (χ1) is 12.6. The van der Waals surface area contributed by atoms with Crippen LogP contribution in [0.25, 0.3) is 11.0 Å². The van der Waals surface area contributed by atoms with E-state index in [1.165, 1.54) is 0 Å². The summed E-state index contributed by atoms with van der Waals surface area (Å²) in [4.78, 5) is 7.42. The van der Waals surface area contributed by atoms with Crippen LogP contribution < -0.4 is 15.6 Å². The van der Waals surface area contributed by atoms with E-state index >= 15 is 0 Å². The molecule has 1 aliphatic heterocycles. The van der Waals surface area contributed by atoms with E-state index < -0.39 is 54.0 Å². The lowest BCUT2D eigenvalue weighted by molar-refractivity contribution is -0.0584. The zero-order valence-electron chi connectivity index (χ0n) is 13.1. The van der Waals surface area contributed by atoms with Gasteiger partial charge in [-0.25, -0.2) is 24.2 Å². The number of ether oxygens (including phenoxy) is 2. The minimum Gasteiger partial charge on any atom is -0.414 e. The van der Waals surface area contributed by atoms with E-state index in [0.29, 0.717) is 0 Å². The topological polar surface area (TPSA) is 178 Å². The van der Waals surface area contributed by atoms with Gasteiger partial charge < -0.3 is 20.3 Å². The molecule has 150 valence electrons. The maximum atomic E-state index is 14.5. The number of aliphatic hydroxyl groups excluding tert-OH is 1. The van der Waals surface area contributed by atoms with Crippen molar-refractivity contribution in [2.24, 2.45) is 5.14 Å². The standard InChI is InChI=1S/C11H13F3N6O6S/c12-5-6(21)3(1-24-27(16,22)23)25-10(5)20-8-4(7(15)17-2-18-8)9(19-20)26-11(13)14/h2-3,5-6,10-11,21H,1H2,(H2,15,17,18)(H2,16,22,23)/t3-,5+,6-,10-/m1/s1. The van der Waals surface area contributed by atoms with Crippen LogP contribution >= 0.6 is 0 Å². The lowest BCUT2D eigenvalue weighted by atomic mass is 10.1. The van der Waals surface area contributed by atoms with E-state index in [1.54, 1.807) is 0 Å². The smallest absolute Gasteiger partial charge is 0.388 e. The zero-order chi connectivity index (χ0) is 19.9. The van der Waals surface area contributed by atoms with E-state index in [2.05, 4.69) is 29.1 Å². The Morgan fingerprint density at radius 1 is 1.41 bits per heavy atom. The van der Waals surface area contributed by atoms with Gasteiger partial charge in [0.25, 0.3) is 5.88 Å². The molecule has 4 atom stereocenters. The molecule has 2 aromatic heterocycles. The van der Waals surface area contributed by atoms with Gasteiger partial charge in [0.2, 0.25) is 0 Å². The molecule has 0 bridgehead atoms. The van der Waals surface area contributed by atoms with Crippen LogP contribution in [0.3, 0.4) is 0 Å². The van der Waals surface area contributed by atoms with Crippen LogP contribution in [0.4, 0.5) is 19.0 Å². The minimum absolute atomic E-state index is 0.203. The third-order valence-electron chi connectivity index (χ3n) is 3.62. The van der Waals surface area contributed by atoms with Gasteiger partial charge in [0.15, 0.2) is 18.0 Å². The number of anilines is 1. The molecular weight excluding hydrogens is 401 g/mol. The van der Waals surface area contributed by atoms with Gasteiger partial charge in [-0.3, -0.25) is 4.18 Å². The Bertz CT molecular complexity index is 942. The number of halogens is 3. The number of aromatic nitrogens is 4. The highest BCUT2D eigenvalue weighted by Gasteiger charge is 2.47. The predicted octanol–water partition coefficient (Wildman–Crippen LogP) is -1.17. The molecule has 0 aromatic carbocycles. The molecule has 3 heterocycles. The van der Waals surface area contributed by atoms with E-state index in [9.17, 15) is 26.7 Å². The Kier molecular flexibility index (Phi) is 5.08. The molecule has 0 aliphatic carbocycles. The number of nitrogens with zero attached hydrogens (tertiary/aromatic N) is 4. The number of hydrogen-bond donors (Lipinski definition) is 3. The van der Waals surface area contributed by atoms with Gasteiger partial charge >= 0.3 is 16.9 Å². The largest absolute Gasteiger partial charge is 0.414 e. The van der Waals surface area contributed by atoms with E-state index in [4.69, 9.17) is 10.5 Å². The number of alkyl halides is 3. The number of hydrogen-bond acceptors (Lipinski definition) is 10. The number of nitrogen functional groups attached to an aromatic ring is 1. The molecule has 16 heteroatoms. The van der Waals surface area contributed by atoms with Crippen LogP contribution in [-0.4, -0.2) is 64.9 Å². The van der Waals surface area contributed by atoms with Crippen LogP contribution in [0, 0.1) is 0 Å². The fourth-order valence-corrected chi connectivity index (χ4v) is 2.83. The Balaban J connectivity index is 1.96. The summed E-state index contributed by atoms with van der Waals surface area (Å²) in [5, 5.41) is 18.0. The second kappa shape index (κ2) is 7.04. The first-order valence-electron chi connectivity index (χ1n) is 7.16. The van der Waals surface area contributed by atoms with Crippen molar-refractivity contribution in [1.29, 1.82) is 0 Å². The maximum Gasteiger partial charge on any atom is 0.388 e. The number of aliphatic hydroxyl groups is 1. The average molecular weight is 414 g/mol. The second-order valence-electron chi connectivity index (χ2n) is 5.36. The highest BCUT2D eigenvalue weighted by atomic mass is 32.2. The van der Waals surface area contributed by atoms with E-state index in [-0.39, 0.29) is 16.9 Å². The summed E-state index contributed by atoms with van der Waals surface area (Å²) in [6.45, 7) is -4.04. The highest BCUT2D eigenvalue weighted by Crippen LogP contribution is 2.37. The maximum absolute atomic E-state index is 14.5. The second-order valence-corrected chi connectivity index (χ2v) is 6.58. The van der Waals surface area contributed by atoms with Crippen molar-refractivity contribution in [1.82, 2.24) is 19.7 Å². The lowest BCUT2D eigenvalue weighted by Crippen LogP contribution is -2.33. The zero-order valence-corrected chi connectivity index (χ0v) is 14.0. The monoisotopic (exact) mass is 414 g/mol. The van der Waals surface area contributed by atoms with Crippen molar-refractivity contribution < 1.29 is 40.4 Å². The van der Waals surface area contributed by atoms with Gasteiger partial charge in [-0.2, -0.15) is 17.2 Å². The lowest BCUT2D eigenvalue weighted by Gasteiger charge is -2.14. The summed E-state index contributed by atoms with van der Waals surface area (Å²) in [7, 11) is -4.36. The first kappa shape index (κ1) is 19.5. The molecule has 1 fully saturated rings. The summed E-state index contributed by atoms with van der Waals surface area (Å²) in [6.07, 6.45) is -6.10. The van der Waals surface area contributed by atoms with Crippen molar-refractivity contribution in [2.45, 2.75) is 31.2 Å². The fraction of sp³-hybridized carbons (Fsp3) is 0.545. The quantitative estimate of drug-likeness (QED) is 0.521. The summed E-state index contributed by atoms with van der Waals surface area (Å²) < 4.78 is 75.8. The summed E-state index contributed by atoms with van der Waals surface area (Å²) in [5.41, 5.74) is 5.41. The number of fused-ring (bicyclic) bond motifs is 1. The third kappa shape index (κ3) is 3.88. The Morgan fingerprint density at radius 2 is 2.11 bits per heavy atom. The Hall–Kier alpha value is -2.27. The van der Waals surface area contributed by atoms with Crippen molar-refractivity contribution in [3.8, 4) is 5.88 Å². The SMILES string of the molecule is Nc1ncnc2c1c(OC(F)F)nn2[C@@H]1O[C@H](COS(N)(=O)=O)[C@@H](O)[C@@H]1F. The number of rotatable bonds is 6. The first-order valence-corrected chi connectivity index (χ1v) is 8.64. The predicted molar refractivity (Wildman–Crippen MR) is 80.2 cm³/mol. The number of nitrogens with two attached hydrogens (primary N) is 2. The van der Waals surface area contributed by atoms with E-state index in [1.807, 2.05) is 0 Å². The van der Waals surface area contributed by atoms with Gasteiger partial charge in [0.1, 0.15) is 29.7 Å². The van der Waals surface area contributed by atoms with Crippen molar-refractivity contribution in [3.05, 3.63) is 6.33 Å². The molecule has 0 amide bonds. The molecule has 0 saturated carbocycles. The molecular formula is C11H13F3N6O6S. The summed E-state index contributed by atoms with van der Waals surface area (Å²) in [5.74, 6) is -0.933. The van der Waals surface area contributed by atoms with Crippen LogP contribution in [0.15, 0.2) is 6.33 Å². The van der Waals surface area contributed by atoms with Gasteiger partial charge in [-0.05, 0) is 0 Å². The van der Waals surface area contributed by atoms with Crippen LogP contribution in [0.2, 0.25) is 0 Å². The molecule has 5 N–H and O–H groups in total. The molecule has 27 heavy (non-hydrogen) atoms. The molecule has 0 unspecified atom stereocenters. The fourth-order valence-electron chi connectivity index (χ4n) is 2.51. The molecule has 0 spiro atoms. The van der Waals surface area contributed by atoms with Crippen LogP contribution in [0.5, 0.6) is 5.88 Å². The molecule has 12 nitrogen and oxygen atoms in total. The summed E-state index contributed by atoms with van der Waals surface area (Å²) in [6, 6.07) is 0. The van der Waals surface area contributed by atoms with Crippen molar-refractivity contribution >= 4 is 27.2 Å². The van der Waals surface area contributed by atoms with Crippen LogP contribution in [-0.2, 0) is 19.2 Å². The normalized spacial score (nSPS) is 26.1. The van der Waals surface area contributed by atoms with E-state index in [0.717, 1.165) is 11.0 Å². The highest BCUT2D eigenvalue weighted by molar-refractivity contribution is 7.84. The van der Waals surface area contributed by atoms with Crippen molar-refractivity contribution in [2.75, 3.05) is 12.3 Å². The average Bonchev–Trinajstić information content (AvgIpc) is 3.04. The molecule has 3 rings (SSSR count). The van der Waals surface area contributed by atoms with Gasteiger partial charge in [-0.1, -0.05) is 0 Å². The molecule has 0 radical (unpaired) electrons. The summed E-state index contributed by atoms with van der Waals surface area (Å²) >= 11 is 0. The third-order valence-corrected chi connectivity index (χ3v) is 4.08. The molecule has 1 saturated heterocycles.